The van der Waals surface area contributed by atoms with Crippen molar-refractivity contribution in [3.05, 3.63) is 23.3 Å². The second-order valence-corrected chi connectivity index (χ2v) is 9.29. The predicted molar refractivity (Wildman–Crippen MR) is 107 cm³/mol. The zero-order valence-electron chi connectivity index (χ0n) is 17.3. The topological polar surface area (TPSA) is 51.2 Å². The molecule has 3 heterocycles. The normalized spacial score (nSPS) is 39.5. The number of phenols is 1. The van der Waals surface area contributed by atoms with Crippen LogP contribution in [-0.4, -0.2) is 54.7 Å². The Hall–Kier alpha value is -1.30. The van der Waals surface area contributed by atoms with Gasteiger partial charge in [0.15, 0.2) is 11.5 Å². The number of likely N-dealkylation sites (tertiary alicyclic amines) is 1. The fourth-order valence-corrected chi connectivity index (χ4v) is 6.67. The summed E-state index contributed by atoms with van der Waals surface area (Å²) < 4.78 is 18.4. The highest BCUT2D eigenvalue weighted by molar-refractivity contribution is 5.58. The number of nitrogens with zero attached hydrogens (tertiary/aromatic N) is 1. The van der Waals surface area contributed by atoms with Crippen LogP contribution in [0.15, 0.2) is 12.1 Å². The van der Waals surface area contributed by atoms with E-state index in [0.717, 1.165) is 26.0 Å². The Morgan fingerprint density at radius 3 is 3.00 bits per heavy atom. The lowest BCUT2D eigenvalue weighted by Crippen LogP contribution is -2.67. The van der Waals surface area contributed by atoms with Gasteiger partial charge in [0.1, 0.15) is 19.0 Å². The summed E-state index contributed by atoms with van der Waals surface area (Å²) in [4.78, 5) is 2.68. The van der Waals surface area contributed by atoms with Gasteiger partial charge in [-0.2, -0.15) is 0 Å². The van der Waals surface area contributed by atoms with Crippen molar-refractivity contribution in [3.8, 4) is 11.5 Å². The molecule has 154 valence electrons. The zero-order chi connectivity index (χ0) is 19.5. The molecule has 1 aromatic rings. The Morgan fingerprint density at radius 2 is 2.18 bits per heavy atom. The molecule has 5 nitrogen and oxygen atoms in total. The van der Waals surface area contributed by atoms with Crippen molar-refractivity contribution in [2.24, 2.45) is 11.8 Å². The fourth-order valence-electron chi connectivity index (χ4n) is 6.67. The van der Waals surface area contributed by atoms with Crippen molar-refractivity contribution in [1.82, 2.24) is 4.90 Å². The summed E-state index contributed by atoms with van der Waals surface area (Å²) in [7, 11) is 0. The molecule has 1 aliphatic carbocycles. The number of hydrogen-bond acceptors (Lipinski definition) is 5. The van der Waals surface area contributed by atoms with Gasteiger partial charge in [-0.3, -0.25) is 0 Å². The molecule has 5 unspecified atom stereocenters. The first-order valence-electron chi connectivity index (χ1n) is 11.0. The highest BCUT2D eigenvalue weighted by Gasteiger charge is 2.65. The smallest absolute Gasteiger partial charge is 0.165 e. The first kappa shape index (κ1) is 18.7. The van der Waals surface area contributed by atoms with E-state index in [1.807, 2.05) is 0 Å². The third-order valence-corrected chi connectivity index (χ3v) is 7.99. The van der Waals surface area contributed by atoms with E-state index in [4.69, 9.17) is 14.2 Å². The quantitative estimate of drug-likeness (QED) is 0.859. The number of unbranched alkanes of at least 4 members (excludes halogenated alkanes) is 1. The number of phenolic OH excluding ortho intramolecular Hbond substituents is 1. The van der Waals surface area contributed by atoms with Crippen LogP contribution in [0.2, 0.25) is 0 Å². The molecule has 5 heteroatoms. The van der Waals surface area contributed by atoms with E-state index in [0.29, 0.717) is 30.4 Å². The first-order valence-corrected chi connectivity index (χ1v) is 11.0. The molecule has 0 amide bonds. The third kappa shape index (κ3) is 2.49. The molecule has 2 saturated heterocycles. The molecule has 28 heavy (non-hydrogen) atoms. The highest BCUT2D eigenvalue weighted by Crippen LogP contribution is 2.62. The summed E-state index contributed by atoms with van der Waals surface area (Å²) in [6.45, 7) is 10.2. The standard InChI is InChI=1S/C23H33NO4/c1-4-5-9-24-10-8-23-17(15(24)3)11-16-12-26-13-27-20(16)22(23)28-21-18(25)7-6-14(2)19(21)23/h6-7,15-17,20,22,25H,4-5,8-13H2,1-3H3/t15?,16?,17?,20?,22-,23?/m0/s1. The van der Waals surface area contributed by atoms with Crippen LogP contribution in [0.5, 0.6) is 11.5 Å². The van der Waals surface area contributed by atoms with Gasteiger partial charge in [-0.15, -0.1) is 0 Å². The molecule has 0 bridgehead atoms. The molecule has 1 aromatic carbocycles. The number of aromatic hydroxyl groups is 1. The molecular formula is C23H33NO4. The fraction of sp³-hybridized carbons (Fsp3) is 0.739. The van der Waals surface area contributed by atoms with Gasteiger partial charge in [0.25, 0.3) is 0 Å². The van der Waals surface area contributed by atoms with Gasteiger partial charge in [0.05, 0.1) is 6.61 Å². The Labute approximate surface area is 168 Å². The van der Waals surface area contributed by atoms with Gasteiger partial charge in [0, 0.05) is 22.9 Å². The van der Waals surface area contributed by atoms with E-state index in [-0.39, 0.29) is 23.4 Å². The molecule has 1 saturated carbocycles. The molecular weight excluding hydrogens is 354 g/mol. The second kappa shape index (κ2) is 6.89. The second-order valence-electron chi connectivity index (χ2n) is 9.29. The molecule has 6 atom stereocenters. The largest absolute Gasteiger partial charge is 0.504 e. The van der Waals surface area contributed by atoms with Crippen molar-refractivity contribution < 1.29 is 19.3 Å². The monoisotopic (exact) mass is 387 g/mol. The highest BCUT2D eigenvalue weighted by atomic mass is 16.7. The van der Waals surface area contributed by atoms with Crippen LogP contribution in [0.25, 0.3) is 0 Å². The van der Waals surface area contributed by atoms with E-state index in [1.54, 1.807) is 6.07 Å². The first-order chi connectivity index (χ1) is 13.6. The number of hydrogen-bond donors (Lipinski definition) is 1. The number of rotatable bonds is 3. The molecule has 0 radical (unpaired) electrons. The maximum atomic E-state index is 10.6. The molecule has 0 aromatic heterocycles. The van der Waals surface area contributed by atoms with Crippen LogP contribution in [-0.2, 0) is 14.9 Å². The number of aryl methyl sites for hydroxylation is 1. The van der Waals surface area contributed by atoms with Crippen LogP contribution < -0.4 is 4.74 Å². The Balaban J connectivity index is 1.61. The number of benzene rings is 1. The third-order valence-electron chi connectivity index (χ3n) is 7.99. The van der Waals surface area contributed by atoms with E-state index in [2.05, 4.69) is 31.7 Å². The summed E-state index contributed by atoms with van der Waals surface area (Å²) in [5.41, 5.74) is 2.41. The molecule has 4 aliphatic rings. The average molecular weight is 388 g/mol. The molecule has 3 fully saturated rings. The number of fused-ring (bicyclic) bond motifs is 3. The minimum atomic E-state index is -0.0706. The maximum absolute atomic E-state index is 10.6. The van der Waals surface area contributed by atoms with Crippen molar-refractivity contribution >= 4 is 0 Å². The number of ether oxygens (including phenoxy) is 3. The van der Waals surface area contributed by atoms with Gasteiger partial charge >= 0.3 is 0 Å². The Kier molecular flexibility index (Phi) is 4.61. The number of piperidine rings is 1. The molecule has 1 spiro atoms. The Morgan fingerprint density at radius 1 is 1.32 bits per heavy atom. The van der Waals surface area contributed by atoms with Crippen molar-refractivity contribution in [2.45, 2.75) is 70.1 Å². The van der Waals surface area contributed by atoms with E-state index >= 15 is 0 Å². The minimum Gasteiger partial charge on any atom is -0.504 e. The van der Waals surface area contributed by atoms with Gasteiger partial charge in [-0.1, -0.05) is 19.4 Å². The summed E-state index contributed by atoms with van der Waals surface area (Å²) in [5, 5.41) is 10.6. The summed E-state index contributed by atoms with van der Waals surface area (Å²) >= 11 is 0. The lowest BCUT2D eigenvalue weighted by atomic mass is 9.53. The summed E-state index contributed by atoms with van der Waals surface area (Å²) in [5.74, 6) is 1.83. The molecule has 5 rings (SSSR count). The van der Waals surface area contributed by atoms with Gasteiger partial charge in [-0.05, 0) is 63.7 Å². The van der Waals surface area contributed by atoms with Gasteiger partial charge in [0.2, 0.25) is 0 Å². The zero-order valence-corrected chi connectivity index (χ0v) is 17.3. The van der Waals surface area contributed by atoms with Crippen molar-refractivity contribution in [2.75, 3.05) is 26.5 Å². The lowest BCUT2D eigenvalue weighted by Gasteiger charge is -2.58. The van der Waals surface area contributed by atoms with Crippen molar-refractivity contribution in [1.29, 1.82) is 0 Å². The van der Waals surface area contributed by atoms with Crippen LogP contribution in [0.1, 0.15) is 50.7 Å². The van der Waals surface area contributed by atoms with Gasteiger partial charge in [-0.25, -0.2) is 0 Å². The van der Waals surface area contributed by atoms with Crippen LogP contribution in [0, 0.1) is 18.8 Å². The molecule has 1 N–H and O–H groups in total. The Bertz CT molecular complexity index is 752. The predicted octanol–water partition coefficient (Wildman–Crippen LogP) is 3.60. The van der Waals surface area contributed by atoms with Crippen LogP contribution >= 0.6 is 0 Å². The maximum Gasteiger partial charge on any atom is 0.165 e. The van der Waals surface area contributed by atoms with Gasteiger partial charge < -0.3 is 24.2 Å². The van der Waals surface area contributed by atoms with Crippen LogP contribution in [0.4, 0.5) is 0 Å². The van der Waals surface area contributed by atoms with E-state index in [9.17, 15) is 5.11 Å². The van der Waals surface area contributed by atoms with Crippen molar-refractivity contribution in [3.63, 3.8) is 0 Å². The molecule has 3 aliphatic heterocycles. The van der Waals surface area contributed by atoms with E-state index in [1.165, 1.54) is 30.5 Å². The SMILES string of the molecule is CCCCN1CCC23c4c(C)ccc(O)c4O[C@H]2C2OCOCC2CC3C1C. The van der Waals surface area contributed by atoms with Crippen LogP contribution in [0.3, 0.4) is 0 Å². The summed E-state index contributed by atoms with van der Waals surface area (Å²) in [6.07, 6.45) is 4.67. The minimum absolute atomic E-state index is 0.0297. The average Bonchev–Trinajstić information content (AvgIpc) is 3.06. The van der Waals surface area contributed by atoms with E-state index < -0.39 is 0 Å². The lowest BCUT2D eigenvalue weighted by molar-refractivity contribution is -0.233. The summed E-state index contributed by atoms with van der Waals surface area (Å²) in [6, 6.07) is 4.32.